The topological polar surface area (TPSA) is 86.1 Å². The van der Waals surface area contributed by atoms with Gasteiger partial charge in [0.05, 0.1) is 5.75 Å². The van der Waals surface area contributed by atoms with Gasteiger partial charge < -0.3 is 14.6 Å². The molecule has 1 amide bonds. The number of carbonyl (C=O) groups is 2. The second kappa shape index (κ2) is 10.1. The first-order valence-corrected chi connectivity index (χ1v) is 10.6. The van der Waals surface area contributed by atoms with E-state index in [0.29, 0.717) is 35.4 Å². The molecule has 8 heteroatoms. The second-order valence-electron chi connectivity index (χ2n) is 6.72. The molecule has 156 valence electrons. The third-order valence-corrected chi connectivity index (χ3v) is 5.32. The summed E-state index contributed by atoms with van der Waals surface area (Å²) in [6.45, 7) is 6.47. The molecule has 0 spiro atoms. The van der Waals surface area contributed by atoms with E-state index in [1.165, 1.54) is 18.7 Å². The number of thioether (sulfide) groups is 1. The Morgan fingerprint density at radius 1 is 1.13 bits per heavy atom. The van der Waals surface area contributed by atoms with E-state index in [1.54, 1.807) is 24.3 Å². The van der Waals surface area contributed by atoms with Crippen LogP contribution in [0.4, 0.5) is 5.69 Å². The molecule has 0 saturated heterocycles. The van der Waals surface area contributed by atoms with Crippen molar-refractivity contribution in [3.63, 3.8) is 0 Å². The number of hydrogen-bond acceptors (Lipinski definition) is 6. The van der Waals surface area contributed by atoms with Gasteiger partial charge in [0.25, 0.3) is 0 Å². The van der Waals surface area contributed by atoms with E-state index in [0.717, 1.165) is 11.3 Å². The fourth-order valence-corrected chi connectivity index (χ4v) is 3.67. The Kier molecular flexibility index (Phi) is 7.24. The smallest absolute Gasteiger partial charge is 0.234 e. The Balaban J connectivity index is 1.58. The summed E-state index contributed by atoms with van der Waals surface area (Å²) in [6, 6.07) is 14.7. The minimum absolute atomic E-state index is 0.0445. The molecule has 2 aromatic carbocycles. The van der Waals surface area contributed by atoms with Gasteiger partial charge in [0, 0.05) is 17.8 Å². The van der Waals surface area contributed by atoms with Crippen molar-refractivity contribution < 1.29 is 14.3 Å². The van der Waals surface area contributed by atoms with Crippen LogP contribution in [0.25, 0.3) is 0 Å². The molecule has 0 unspecified atom stereocenters. The molecule has 1 N–H and O–H groups in total. The number of ketones is 1. The van der Waals surface area contributed by atoms with Crippen LogP contribution in [-0.2, 0) is 17.9 Å². The maximum absolute atomic E-state index is 12.3. The number of ether oxygens (including phenoxy) is 1. The molecule has 3 aromatic rings. The number of benzene rings is 2. The van der Waals surface area contributed by atoms with Crippen LogP contribution in [0.5, 0.6) is 5.75 Å². The van der Waals surface area contributed by atoms with Crippen LogP contribution in [0, 0.1) is 6.92 Å². The van der Waals surface area contributed by atoms with Crippen molar-refractivity contribution in [2.24, 2.45) is 0 Å². The summed E-state index contributed by atoms with van der Waals surface area (Å²) in [4.78, 5) is 23.8. The summed E-state index contributed by atoms with van der Waals surface area (Å²) in [5.41, 5.74) is 2.28. The standard InChI is InChI=1S/C22H24N4O3S/c1-4-26-20(13-29-19-10-5-7-15(2)11-19)24-25-22(26)30-14-21(28)23-18-9-6-8-17(12-18)16(3)27/h5-12H,4,13-14H2,1-3H3,(H,23,28). The van der Waals surface area contributed by atoms with Crippen molar-refractivity contribution in [2.75, 3.05) is 11.1 Å². The van der Waals surface area contributed by atoms with Crippen LogP contribution in [0.2, 0.25) is 0 Å². The number of nitrogens with zero attached hydrogens (tertiary/aromatic N) is 3. The van der Waals surface area contributed by atoms with E-state index >= 15 is 0 Å². The molecule has 7 nitrogen and oxygen atoms in total. The molecule has 0 saturated carbocycles. The molecule has 0 radical (unpaired) electrons. The Morgan fingerprint density at radius 2 is 1.93 bits per heavy atom. The lowest BCUT2D eigenvalue weighted by molar-refractivity contribution is -0.113. The third kappa shape index (κ3) is 5.70. The largest absolute Gasteiger partial charge is 0.486 e. The molecule has 0 aliphatic rings. The molecule has 1 aromatic heterocycles. The number of carbonyl (C=O) groups excluding carboxylic acids is 2. The Labute approximate surface area is 179 Å². The molecule has 0 bridgehead atoms. The predicted molar refractivity (Wildman–Crippen MR) is 117 cm³/mol. The number of aryl methyl sites for hydroxylation is 1. The van der Waals surface area contributed by atoms with Crippen LogP contribution in [0.3, 0.4) is 0 Å². The highest BCUT2D eigenvalue weighted by molar-refractivity contribution is 7.99. The van der Waals surface area contributed by atoms with Gasteiger partial charge in [-0.3, -0.25) is 9.59 Å². The van der Waals surface area contributed by atoms with E-state index in [9.17, 15) is 9.59 Å². The van der Waals surface area contributed by atoms with Crippen molar-refractivity contribution in [3.05, 3.63) is 65.5 Å². The number of hydrogen-bond donors (Lipinski definition) is 1. The number of amides is 1. The van der Waals surface area contributed by atoms with Gasteiger partial charge in [-0.15, -0.1) is 10.2 Å². The van der Waals surface area contributed by atoms with E-state index < -0.39 is 0 Å². The van der Waals surface area contributed by atoms with E-state index in [2.05, 4.69) is 15.5 Å². The maximum atomic E-state index is 12.3. The molecule has 0 aliphatic carbocycles. The van der Waals surface area contributed by atoms with Gasteiger partial charge in [0.1, 0.15) is 12.4 Å². The van der Waals surface area contributed by atoms with E-state index in [4.69, 9.17) is 4.74 Å². The van der Waals surface area contributed by atoms with E-state index in [1.807, 2.05) is 42.7 Å². The molecule has 0 atom stereocenters. The summed E-state index contributed by atoms with van der Waals surface area (Å²) in [5.74, 6) is 1.44. The van der Waals surface area contributed by atoms with Gasteiger partial charge in [-0.1, -0.05) is 36.0 Å². The summed E-state index contributed by atoms with van der Waals surface area (Å²) < 4.78 is 7.76. The molecule has 30 heavy (non-hydrogen) atoms. The molecular weight excluding hydrogens is 400 g/mol. The fourth-order valence-electron chi connectivity index (χ4n) is 2.85. The van der Waals surface area contributed by atoms with Crippen LogP contribution in [0.1, 0.15) is 35.6 Å². The number of rotatable bonds is 9. The molecule has 0 fully saturated rings. The third-order valence-electron chi connectivity index (χ3n) is 4.35. The quantitative estimate of drug-likeness (QED) is 0.411. The average molecular weight is 425 g/mol. The fraction of sp³-hybridized carbons (Fsp3) is 0.273. The Hall–Kier alpha value is -3.13. The van der Waals surface area contributed by atoms with Crippen LogP contribution >= 0.6 is 11.8 Å². The molecule has 1 heterocycles. The van der Waals surface area contributed by atoms with Gasteiger partial charge in [-0.2, -0.15) is 0 Å². The van der Waals surface area contributed by atoms with Crippen LogP contribution < -0.4 is 10.1 Å². The van der Waals surface area contributed by atoms with Crippen molar-refractivity contribution >= 4 is 29.1 Å². The van der Waals surface area contributed by atoms with Crippen LogP contribution in [0.15, 0.2) is 53.7 Å². The lowest BCUT2D eigenvalue weighted by Crippen LogP contribution is -2.15. The second-order valence-corrected chi connectivity index (χ2v) is 7.66. The van der Waals surface area contributed by atoms with Gasteiger partial charge in [0.15, 0.2) is 16.8 Å². The minimum Gasteiger partial charge on any atom is -0.486 e. The molecule has 3 rings (SSSR count). The summed E-state index contributed by atoms with van der Waals surface area (Å²) in [5, 5.41) is 11.9. The first kappa shape index (κ1) is 21.6. The number of Topliss-reactive ketones (excluding diaryl/α,β-unsaturated/α-hetero) is 1. The number of anilines is 1. The number of nitrogens with one attached hydrogen (secondary N) is 1. The van der Waals surface area contributed by atoms with Gasteiger partial charge in [-0.05, 0) is 50.6 Å². The van der Waals surface area contributed by atoms with Gasteiger partial charge >= 0.3 is 0 Å². The monoisotopic (exact) mass is 424 g/mol. The Bertz CT molecular complexity index is 1050. The zero-order chi connectivity index (χ0) is 21.5. The predicted octanol–water partition coefficient (Wildman–Crippen LogP) is 4.12. The normalized spacial score (nSPS) is 10.6. The van der Waals surface area contributed by atoms with Crippen LogP contribution in [-0.4, -0.2) is 32.2 Å². The Morgan fingerprint density at radius 3 is 2.67 bits per heavy atom. The average Bonchev–Trinajstić information content (AvgIpc) is 3.13. The first-order valence-electron chi connectivity index (χ1n) is 9.61. The SMILES string of the molecule is CCn1c(COc2cccc(C)c2)nnc1SCC(=O)Nc1cccc(C(C)=O)c1. The zero-order valence-electron chi connectivity index (χ0n) is 17.2. The highest BCUT2D eigenvalue weighted by atomic mass is 32.2. The molecule has 0 aliphatic heterocycles. The minimum atomic E-state index is -0.177. The number of aromatic nitrogens is 3. The van der Waals surface area contributed by atoms with Crippen molar-refractivity contribution in [1.82, 2.24) is 14.8 Å². The van der Waals surface area contributed by atoms with Crippen molar-refractivity contribution in [1.29, 1.82) is 0 Å². The van der Waals surface area contributed by atoms with Crippen molar-refractivity contribution in [2.45, 2.75) is 39.1 Å². The van der Waals surface area contributed by atoms with E-state index in [-0.39, 0.29) is 17.4 Å². The summed E-state index contributed by atoms with van der Waals surface area (Å²) in [7, 11) is 0. The maximum Gasteiger partial charge on any atom is 0.234 e. The highest BCUT2D eigenvalue weighted by Crippen LogP contribution is 2.20. The zero-order valence-corrected chi connectivity index (χ0v) is 18.0. The summed E-state index contributed by atoms with van der Waals surface area (Å²) >= 11 is 1.31. The first-order chi connectivity index (χ1) is 14.5. The lowest BCUT2D eigenvalue weighted by atomic mass is 10.1. The van der Waals surface area contributed by atoms with Crippen molar-refractivity contribution in [3.8, 4) is 5.75 Å². The molecular formula is C22H24N4O3S. The highest BCUT2D eigenvalue weighted by Gasteiger charge is 2.14. The lowest BCUT2D eigenvalue weighted by Gasteiger charge is -2.09. The van der Waals surface area contributed by atoms with Gasteiger partial charge in [0.2, 0.25) is 5.91 Å². The van der Waals surface area contributed by atoms with Gasteiger partial charge in [-0.25, -0.2) is 0 Å². The summed E-state index contributed by atoms with van der Waals surface area (Å²) in [6.07, 6.45) is 0.